The Hall–Kier alpha value is -2.99. The van der Waals surface area contributed by atoms with Crippen LogP contribution in [0, 0.1) is 11.8 Å². The molecular weight excluding hydrogens is 358 g/mol. The molecule has 1 aliphatic carbocycles. The Bertz CT molecular complexity index is 967. The number of anilines is 2. The second-order valence-corrected chi connectivity index (χ2v) is 7.60. The first-order valence-electron chi connectivity index (χ1n) is 8.83. The molecule has 6 heteroatoms. The molecular formula is C21H19N3O2S. The Morgan fingerprint density at radius 1 is 1.04 bits per heavy atom. The van der Waals surface area contributed by atoms with Crippen LogP contribution in [0.2, 0.25) is 0 Å². The molecule has 1 saturated carbocycles. The van der Waals surface area contributed by atoms with Crippen molar-refractivity contribution in [2.45, 2.75) is 13.3 Å². The van der Waals surface area contributed by atoms with Crippen molar-refractivity contribution in [2.24, 2.45) is 11.8 Å². The van der Waals surface area contributed by atoms with Gasteiger partial charge in [-0.15, -0.1) is 11.3 Å². The lowest BCUT2D eigenvalue weighted by Crippen LogP contribution is -2.15. The van der Waals surface area contributed by atoms with Gasteiger partial charge in [0.05, 0.1) is 5.69 Å². The predicted octanol–water partition coefficient (Wildman–Crippen LogP) is 4.66. The van der Waals surface area contributed by atoms with Crippen LogP contribution in [0.4, 0.5) is 10.8 Å². The summed E-state index contributed by atoms with van der Waals surface area (Å²) in [6, 6.07) is 16.7. The Kier molecular flexibility index (Phi) is 4.73. The van der Waals surface area contributed by atoms with Crippen molar-refractivity contribution in [2.75, 3.05) is 10.6 Å². The molecule has 27 heavy (non-hydrogen) atoms. The van der Waals surface area contributed by atoms with E-state index >= 15 is 0 Å². The van der Waals surface area contributed by atoms with E-state index < -0.39 is 0 Å². The van der Waals surface area contributed by atoms with Gasteiger partial charge in [-0.3, -0.25) is 14.9 Å². The Morgan fingerprint density at radius 2 is 1.74 bits per heavy atom. The molecule has 2 N–H and O–H groups in total. The first-order valence-corrected chi connectivity index (χ1v) is 9.71. The quantitative estimate of drug-likeness (QED) is 0.679. The molecule has 0 aliphatic heterocycles. The van der Waals surface area contributed by atoms with Gasteiger partial charge >= 0.3 is 0 Å². The maximum absolute atomic E-state index is 12.4. The van der Waals surface area contributed by atoms with E-state index in [2.05, 4.69) is 22.5 Å². The summed E-state index contributed by atoms with van der Waals surface area (Å²) >= 11 is 1.39. The summed E-state index contributed by atoms with van der Waals surface area (Å²) in [5.74, 6) is 0.416. The summed E-state index contributed by atoms with van der Waals surface area (Å²) in [5.41, 5.74) is 3.07. The molecule has 0 bridgehead atoms. The number of nitrogens with one attached hydrogen (secondary N) is 2. The van der Waals surface area contributed by atoms with Crippen molar-refractivity contribution in [1.82, 2.24) is 4.98 Å². The van der Waals surface area contributed by atoms with Gasteiger partial charge in [-0.2, -0.15) is 0 Å². The molecule has 4 rings (SSSR count). The molecule has 0 spiro atoms. The number of nitrogens with zero attached hydrogens (tertiary/aromatic N) is 1. The number of aromatic nitrogens is 1. The lowest BCUT2D eigenvalue weighted by molar-refractivity contribution is -0.117. The SMILES string of the molecule is CC1CC1C(=O)Nc1ccc(C(=O)Nc2nc(-c3ccccc3)cs2)cc1. The van der Waals surface area contributed by atoms with Gasteiger partial charge in [0.25, 0.3) is 5.91 Å². The van der Waals surface area contributed by atoms with Gasteiger partial charge in [0, 0.05) is 28.1 Å². The van der Waals surface area contributed by atoms with E-state index in [-0.39, 0.29) is 17.7 Å². The molecule has 3 aromatic rings. The smallest absolute Gasteiger partial charge is 0.257 e. The molecule has 0 saturated heterocycles. The van der Waals surface area contributed by atoms with Crippen LogP contribution in [0.1, 0.15) is 23.7 Å². The van der Waals surface area contributed by atoms with E-state index in [4.69, 9.17) is 0 Å². The predicted molar refractivity (Wildman–Crippen MR) is 108 cm³/mol. The van der Waals surface area contributed by atoms with Crippen LogP contribution < -0.4 is 10.6 Å². The number of thiazole rings is 1. The molecule has 2 amide bonds. The molecule has 136 valence electrons. The molecule has 1 heterocycles. The van der Waals surface area contributed by atoms with Gasteiger partial charge in [0.2, 0.25) is 5.91 Å². The van der Waals surface area contributed by atoms with E-state index in [1.165, 1.54) is 11.3 Å². The normalized spacial score (nSPS) is 18.0. The zero-order valence-corrected chi connectivity index (χ0v) is 15.6. The second kappa shape index (κ2) is 7.32. The lowest BCUT2D eigenvalue weighted by atomic mass is 10.2. The Balaban J connectivity index is 1.38. The van der Waals surface area contributed by atoms with Gasteiger partial charge in [0.15, 0.2) is 5.13 Å². The molecule has 2 unspecified atom stereocenters. The second-order valence-electron chi connectivity index (χ2n) is 6.74. The van der Waals surface area contributed by atoms with Gasteiger partial charge in [-0.25, -0.2) is 4.98 Å². The maximum atomic E-state index is 12.4. The molecule has 2 atom stereocenters. The summed E-state index contributed by atoms with van der Waals surface area (Å²) in [5, 5.41) is 8.19. The minimum Gasteiger partial charge on any atom is -0.326 e. The van der Waals surface area contributed by atoms with Crippen molar-refractivity contribution >= 4 is 34.0 Å². The summed E-state index contributed by atoms with van der Waals surface area (Å²) in [6.07, 6.45) is 0.950. The fourth-order valence-corrected chi connectivity index (χ4v) is 3.58. The van der Waals surface area contributed by atoms with E-state index in [0.717, 1.165) is 17.7 Å². The first-order chi connectivity index (χ1) is 13.1. The number of hydrogen-bond donors (Lipinski definition) is 2. The Morgan fingerprint density at radius 3 is 2.41 bits per heavy atom. The average molecular weight is 377 g/mol. The highest BCUT2D eigenvalue weighted by Crippen LogP contribution is 2.38. The Labute approximate surface area is 161 Å². The van der Waals surface area contributed by atoms with Crippen LogP contribution in [0.5, 0.6) is 0 Å². The van der Waals surface area contributed by atoms with Gasteiger partial charge in [-0.05, 0) is 36.6 Å². The van der Waals surface area contributed by atoms with Crippen LogP contribution in [0.25, 0.3) is 11.3 Å². The zero-order valence-electron chi connectivity index (χ0n) is 14.8. The van der Waals surface area contributed by atoms with Gasteiger partial charge in [-0.1, -0.05) is 37.3 Å². The summed E-state index contributed by atoms with van der Waals surface area (Å²) in [7, 11) is 0. The van der Waals surface area contributed by atoms with Crippen molar-refractivity contribution in [3.8, 4) is 11.3 Å². The average Bonchev–Trinajstić information content (AvgIpc) is 3.24. The first kappa shape index (κ1) is 17.4. The van der Waals surface area contributed by atoms with Crippen LogP contribution >= 0.6 is 11.3 Å². The zero-order chi connectivity index (χ0) is 18.8. The van der Waals surface area contributed by atoms with Crippen LogP contribution in [-0.2, 0) is 4.79 Å². The third-order valence-corrected chi connectivity index (χ3v) is 5.41. The molecule has 0 radical (unpaired) electrons. The van der Waals surface area contributed by atoms with Crippen molar-refractivity contribution in [1.29, 1.82) is 0 Å². The highest BCUT2D eigenvalue weighted by atomic mass is 32.1. The fourth-order valence-electron chi connectivity index (χ4n) is 2.87. The number of carbonyl (C=O) groups is 2. The minimum atomic E-state index is -0.224. The van der Waals surface area contributed by atoms with Crippen molar-refractivity contribution < 1.29 is 9.59 Å². The van der Waals surface area contributed by atoms with Crippen LogP contribution in [0.3, 0.4) is 0 Å². The molecule has 1 aromatic heterocycles. The van der Waals surface area contributed by atoms with Crippen LogP contribution in [0.15, 0.2) is 60.0 Å². The maximum Gasteiger partial charge on any atom is 0.257 e. The third-order valence-electron chi connectivity index (χ3n) is 4.66. The number of rotatable bonds is 5. The summed E-state index contributed by atoms with van der Waals surface area (Å²) in [4.78, 5) is 28.9. The van der Waals surface area contributed by atoms with Crippen molar-refractivity contribution in [3.05, 3.63) is 65.5 Å². The minimum absolute atomic E-state index is 0.0518. The number of carbonyl (C=O) groups excluding carboxylic acids is 2. The largest absolute Gasteiger partial charge is 0.326 e. The van der Waals surface area contributed by atoms with E-state index in [1.54, 1.807) is 24.3 Å². The molecule has 1 fully saturated rings. The molecule has 1 aliphatic rings. The molecule has 5 nitrogen and oxygen atoms in total. The van der Waals surface area contributed by atoms with Gasteiger partial charge in [0.1, 0.15) is 0 Å². The van der Waals surface area contributed by atoms with Crippen LogP contribution in [-0.4, -0.2) is 16.8 Å². The lowest BCUT2D eigenvalue weighted by Gasteiger charge is -2.06. The number of hydrogen-bond acceptors (Lipinski definition) is 4. The standard InChI is InChI=1S/C21H19N3O2S/c1-13-11-17(13)20(26)22-16-9-7-15(8-10-16)19(25)24-21-23-18(12-27-21)14-5-3-2-4-6-14/h2-10,12-13,17H,11H2,1H3,(H,22,26)(H,23,24,25). The molecule has 2 aromatic carbocycles. The third kappa shape index (κ3) is 4.06. The van der Waals surface area contributed by atoms with Crippen molar-refractivity contribution in [3.63, 3.8) is 0 Å². The topological polar surface area (TPSA) is 71.1 Å². The van der Waals surface area contributed by atoms with Gasteiger partial charge < -0.3 is 5.32 Å². The van der Waals surface area contributed by atoms with E-state index in [9.17, 15) is 9.59 Å². The summed E-state index contributed by atoms with van der Waals surface area (Å²) < 4.78 is 0. The van der Waals surface area contributed by atoms with E-state index in [0.29, 0.717) is 22.3 Å². The highest BCUT2D eigenvalue weighted by Gasteiger charge is 2.39. The number of benzene rings is 2. The fraction of sp³-hybridized carbons (Fsp3) is 0.190. The van der Waals surface area contributed by atoms with E-state index in [1.807, 2.05) is 35.7 Å². The monoisotopic (exact) mass is 377 g/mol. The highest BCUT2D eigenvalue weighted by molar-refractivity contribution is 7.14. The number of amides is 2. The summed E-state index contributed by atoms with van der Waals surface area (Å²) in [6.45, 7) is 2.07.